The number of aromatic nitrogens is 4. The van der Waals surface area contributed by atoms with E-state index in [4.69, 9.17) is 0 Å². The molecule has 0 saturated carbocycles. The molecule has 4 rings (SSSR count). The molecule has 3 aromatic rings. The van der Waals surface area contributed by atoms with Crippen LogP contribution in [-0.2, 0) is 7.05 Å². The van der Waals surface area contributed by atoms with Gasteiger partial charge in [0.25, 0.3) is 5.91 Å². The third-order valence-corrected chi connectivity index (χ3v) is 4.86. The van der Waals surface area contributed by atoms with Gasteiger partial charge in [-0.3, -0.25) is 4.79 Å². The molecule has 7 nitrogen and oxygen atoms in total. The van der Waals surface area contributed by atoms with Gasteiger partial charge in [-0.25, -0.2) is 15.0 Å². The van der Waals surface area contributed by atoms with Gasteiger partial charge >= 0.3 is 0 Å². The highest BCUT2D eigenvalue weighted by atomic mass is 16.2. The molecule has 138 valence electrons. The van der Waals surface area contributed by atoms with Crippen molar-refractivity contribution in [3.63, 3.8) is 0 Å². The van der Waals surface area contributed by atoms with E-state index in [1.807, 2.05) is 43.1 Å². The molecule has 27 heavy (non-hydrogen) atoms. The second-order valence-corrected chi connectivity index (χ2v) is 6.85. The molecule has 1 aliphatic heterocycles. The summed E-state index contributed by atoms with van der Waals surface area (Å²) in [6, 6.07) is 7.93. The molecule has 0 bridgehead atoms. The summed E-state index contributed by atoms with van der Waals surface area (Å²) >= 11 is 0. The number of aryl methyl sites for hydroxylation is 2. The number of hydrogen-bond donors (Lipinski definition) is 1. The number of carbonyl (C=O) groups excluding carboxylic acids is 1. The van der Waals surface area contributed by atoms with E-state index >= 15 is 0 Å². The Bertz CT molecular complexity index is 966. The van der Waals surface area contributed by atoms with Crippen LogP contribution < -0.4 is 5.32 Å². The molecule has 1 atom stereocenters. The van der Waals surface area contributed by atoms with Crippen molar-refractivity contribution in [1.29, 1.82) is 0 Å². The maximum Gasteiger partial charge on any atom is 0.274 e. The van der Waals surface area contributed by atoms with Crippen LogP contribution in [0.25, 0.3) is 0 Å². The summed E-state index contributed by atoms with van der Waals surface area (Å²) in [6.45, 7) is 2.74. The van der Waals surface area contributed by atoms with Gasteiger partial charge in [-0.1, -0.05) is 6.07 Å². The molecule has 0 radical (unpaired) electrons. The van der Waals surface area contributed by atoms with Crippen LogP contribution in [0.15, 0.2) is 49.2 Å². The van der Waals surface area contributed by atoms with Crippen LogP contribution in [0, 0.1) is 6.92 Å². The Morgan fingerprint density at radius 3 is 2.89 bits per heavy atom. The van der Waals surface area contributed by atoms with Gasteiger partial charge in [-0.15, -0.1) is 0 Å². The predicted molar refractivity (Wildman–Crippen MR) is 103 cm³/mol. The van der Waals surface area contributed by atoms with Crippen LogP contribution in [0.4, 0.5) is 11.6 Å². The molecule has 7 heteroatoms. The number of pyridine rings is 2. The maximum atomic E-state index is 12.9. The first-order valence-electron chi connectivity index (χ1n) is 9.05. The molecular weight excluding hydrogens is 340 g/mol. The first kappa shape index (κ1) is 17.2. The van der Waals surface area contributed by atoms with E-state index in [0.29, 0.717) is 5.69 Å². The fourth-order valence-corrected chi connectivity index (χ4v) is 3.49. The molecule has 1 aliphatic rings. The molecule has 1 unspecified atom stereocenters. The van der Waals surface area contributed by atoms with E-state index < -0.39 is 0 Å². The van der Waals surface area contributed by atoms with Gasteiger partial charge in [-0.05, 0) is 49.1 Å². The molecule has 0 spiro atoms. The Morgan fingerprint density at radius 2 is 2.11 bits per heavy atom. The van der Waals surface area contributed by atoms with Gasteiger partial charge < -0.3 is 14.8 Å². The number of nitrogens with zero attached hydrogens (tertiary/aromatic N) is 5. The van der Waals surface area contributed by atoms with E-state index in [0.717, 1.165) is 42.1 Å². The van der Waals surface area contributed by atoms with Gasteiger partial charge in [0, 0.05) is 32.2 Å². The van der Waals surface area contributed by atoms with Crippen LogP contribution >= 0.6 is 0 Å². The zero-order valence-electron chi connectivity index (χ0n) is 15.5. The largest absolute Gasteiger partial charge is 0.340 e. The monoisotopic (exact) mass is 362 g/mol. The highest BCUT2D eigenvalue weighted by Crippen LogP contribution is 2.34. The smallest absolute Gasteiger partial charge is 0.274 e. The minimum atomic E-state index is -0.0232. The molecule has 3 aromatic heterocycles. The van der Waals surface area contributed by atoms with Crippen molar-refractivity contribution in [1.82, 2.24) is 24.4 Å². The van der Waals surface area contributed by atoms with Gasteiger partial charge in [0.1, 0.15) is 17.3 Å². The number of rotatable bonds is 4. The Kier molecular flexibility index (Phi) is 4.58. The number of nitrogens with one attached hydrogen (secondary N) is 1. The Morgan fingerprint density at radius 1 is 1.22 bits per heavy atom. The molecule has 1 amide bonds. The minimum absolute atomic E-state index is 0.0232. The second-order valence-electron chi connectivity index (χ2n) is 6.85. The van der Waals surface area contributed by atoms with Gasteiger partial charge in [0.2, 0.25) is 0 Å². The van der Waals surface area contributed by atoms with Crippen LogP contribution in [-0.4, -0.2) is 36.9 Å². The summed E-state index contributed by atoms with van der Waals surface area (Å²) in [5, 5.41) is 3.27. The summed E-state index contributed by atoms with van der Waals surface area (Å²) in [5.74, 6) is 1.49. The molecule has 0 aliphatic carbocycles. The summed E-state index contributed by atoms with van der Waals surface area (Å²) in [4.78, 5) is 27.8. The van der Waals surface area contributed by atoms with E-state index in [-0.39, 0.29) is 11.9 Å². The molecule has 0 aromatic carbocycles. The Balaban J connectivity index is 1.57. The van der Waals surface area contributed by atoms with Gasteiger partial charge in [0.05, 0.1) is 12.4 Å². The van der Waals surface area contributed by atoms with Crippen LogP contribution in [0.1, 0.15) is 40.5 Å². The zero-order chi connectivity index (χ0) is 18.8. The third-order valence-electron chi connectivity index (χ3n) is 4.86. The van der Waals surface area contributed by atoms with Crippen molar-refractivity contribution in [3.8, 4) is 0 Å². The van der Waals surface area contributed by atoms with Crippen molar-refractivity contribution < 1.29 is 4.79 Å². The van der Waals surface area contributed by atoms with Crippen molar-refractivity contribution in [2.45, 2.75) is 25.8 Å². The van der Waals surface area contributed by atoms with E-state index in [9.17, 15) is 4.79 Å². The number of hydrogen-bond acceptors (Lipinski definition) is 5. The SMILES string of the molecule is Cc1cccnc1Nc1cc(C2CCCN2C(=O)c2cn(C)cn2)ccn1. The molecular formula is C20H22N6O. The number of carbonyl (C=O) groups is 1. The van der Waals surface area contributed by atoms with Crippen LogP contribution in [0.2, 0.25) is 0 Å². The lowest BCUT2D eigenvalue weighted by atomic mass is 10.1. The fraction of sp³-hybridized carbons (Fsp3) is 0.300. The molecule has 1 saturated heterocycles. The summed E-state index contributed by atoms with van der Waals surface area (Å²) in [5.41, 5.74) is 2.61. The molecule has 4 heterocycles. The summed E-state index contributed by atoms with van der Waals surface area (Å²) < 4.78 is 1.79. The zero-order valence-corrected chi connectivity index (χ0v) is 15.5. The lowest BCUT2D eigenvalue weighted by molar-refractivity contribution is 0.0730. The van der Waals surface area contributed by atoms with Gasteiger partial charge in [0.15, 0.2) is 0 Å². The van der Waals surface area contributed by atoms with Crippen molar-refractivity contribution >= 4 is 17.5 Å². The van der Waals surface area contributed by atoms with Crippen molar-refractivity contribution in [2.24, 2.45) is 7.05 Å². The maximum absolute atomic E-state index is 12.9. The number of amides is 1. The predicted octanol–water partition coefficient (Wildman–Crippen LogP) is 3.24. The molecule has 1 fully saturated rings. The van der Waals surface area contributed by atoms with E-state index in [2.05, 4.69) is 20.3 Å². The lowest BCUT2D eigenvalue weighted by Crippen LogP contribution is -2.30. The van der Waals surface area contributed by atoms with Crippen molar-refractivity contribution in [2.75, 3.05) is 11.9 Å². The highest BCUT2D eigenvalue weighted by Gasteiger charge is 2.31. The number of anilines is 2. The Labute approximate surface area is 158 Å². The average Bonchev–Trinajstić information content (AvgIpc) is 3.32. The highest BCUT2D eigenvalue weighted by molar-refractivity contribution is 5.92. The normalized spacial score (nSPS) is 16.5. The first-order valence-corrected chi connectivity index (χ1v) is 9.05. The second kappa shape index (κ2) is 7.19. The fourth-order valence-electron chi connectivity index (χ4n) is 3.49. The molecule has 1 N–H and O–H groups in total. The number of likely N-dealkylation sites (tertiary alicyclic amines) is 1. The topological polar surface area (TPSA) is 75.9 Å². The first-order chi connectivity index (χ1) is 13.1. The van der Waals surface area contributed by atoms with Gasteiger partial charge in [-0.2, -0.15) is 0 Å². The van der Waals surface area contributed by atoms with Crippen molar-refractivity contribution in [3.05, 3.63) is 66.0 Å². The average molecular weight is 362 g/mol. The van der Waals surface area contributed by atoms with Crippen LogP contribution in [0.3, 0.4) is 0 Å². The lowest BCUT2D eigenvalue weighted by Gasteiger charge is -2.24. The minimum Gasteiger partial charge on any atom is -0.340 e. The Hall–Kier alpha value is -3.22. The third kappa shape index (κ3) is 3.53. The quantitative estimate of drug-likeness (QED) is 0.771. The van der Waals surface area contributed by atoms with E-state index in [1.54, 1.807) is 29.5 Å². The summed E-state index contributed by atoms with van der Waals surface area (Å²) in [6.07, 6.45) is 8.86. The van der Waals surface area contributed by atoms with Crippen LogP contribution in [0.5, 0.6) is 0 Å². The van der Waals surface area contributed by atoms with E-state index in [1.165, 1.54) is 0 Å². The summed E-state index contributed by atoms with van der Waals surface area (Å²) in [7, 11) is 1.87. The standard InChI is InChI=1S/C20H22N6O/c1-14-5-3-8-22-19(14)24-18-11-15(7-9-21-18)17-6-4-10-26(17)20(27)16-12-25(2)13-23-16/h3,5,7-9,11-13,17H,4,6,10H2,1-2H3,(H,21,22,24). The number of imidazole rings is 1.